The third-order valence-corrected chi connectivity index (χ3v) is 3.55. The zero-order valence-electron chi connectivity index (χ0n) is 11.9. The fourth-order valence-electron chi connectivity index (χ4n) is 2.40. The molecule has 6 nitrogen and oxygen atoms in total. The number of nitrogens with zero attached hydrogens (tertiary/aromatic N) is 3. The third kappa shape index (κ3) is 2.03. The van der Waals surface area contributed by atoms with Crippen LogP contribution in [0, 0.1) is 0 Å². The van der Waals surface area contributed by atoms with E-state index in [-0.39, 0.29) is 5.75 Å². The first-order valence-corrected chi connectivity index (χ1v) is 7.07. The lowest BCUT2D eigenvalue weighted by Gasteiger charge is -2.16. The predicted octanol–water partition coefficient (Wildman–Crippen LogP) is 3.29. The van der Waals surface area contributed by atoms with Gasteiger partial charge in [0.05, 0.1) is 0 Å². The maximum absolute atomic E-state index is 10.2. The molecule has 0 bridgehead atoms. The van der Waals surface area contributed by atoms with E-state index in [1.54, 1.807) is 38.1 Å². The van der Waals surface area contributed by atoms with E-state index in [4.69, 9.17) is 21.1 Å². The molecule has 3 aromatic rings. The van der Waals surface area contributed by atoms with E-state index >= 15 is 0 Å². The van der Waals surface area contributed by atoms with Gasteiger partial charge in [-0.25, -0.2) is 0 Å². The van der Waals surface area contributed by atoms with E-state index < -0.39 is 5.79 Å². The molecule has 112 valence electrons. The van der Waals surface area contributed by atoms with E-state index in [0.29, 0.717) is 33.2 Å². The van der Waals surface area contributed by atoms with Crippen LogP contribution in [0.4, 0.5) is 0 Å². The number of rotatable bonds is 1. The summed E-state index contributed by atoms with van der Waals surface area (Å²) >= 11 is 5.95. The molecule has 2 aromatic carbocycles. The number of benzene rings is 2. The number of fused-ring (bicyclic) bond motifs is 2. The molecule has 0 spiro atoms. The van der Waals surface area contributed by atoms with Gasteiger partial charge >= 0.3 is 0 Å². The number of phenolic OH excluding ortho intramolecular Hbond substituents is 1. The van der Waals surface area contributed by atoms with Crippen molar-refractivity contribution in [2.45, 2.75) is 19.6 Å². The number of hydrogen-bond donors (Lipinski definition) is 1. The van der Waals surface area contributed by atoms with Gasteiger partial charge in [-0.1, -0.05) is 11.6 Å². The van der Waals surface area contributed by atoms with Crippen LogP contribution in [0.3, 0.4) is 0 Å². The highest BCUT2D eigenvalue weighted by atomic mass is 35.5. The second-order valence-electron chi connectivity index (χ2n) is 5.51. The van der Waals surface area contributed by atoms with Gasteiger partial charge in [0.1, 0.15) is 22.5 Å². The smallest absolute Gasteiger partial charge is 0.246 e. The zero-order valence-corrected chi connectivity index (χ0v) is 12.6. The lowest BCUT2D eigenvalue weighted by atomic mass is 10.2. The summed E-state index contributed by atoms with van der Waals surface area (Å²) in [5.41, 5.74) is 1.74. The summed E-state index contributed by atoms with van der Waals surface area (Å²) in [7, 11) is 0. The van der Waals surface area contributed by atoms with Crippen LogP contribution in [0.15, 0.2) is 30.3 Å². The Morgan fingerprint density at radius 1 is 1.05 bits per heavy atom. The van der Waals surface area contributed by atoms with Crippen LogP contribution >= 0.6 is 11.6 Å². The first kappa shape index (κ1) is 13.2. The fraction of sp³-hybridized carbons (Fsp3) is 0.200. The van der Waals surface area contributed by atoms with Crippen molar-refractivity contribution >= 4 is 22.6 Å². The fourth-order valence-corrected chi connectivity index (χ4v) is 2.57. The molecule has 0 saturated heterocycles. The van der Waals surface area contributed by atoms with E-state index in [0.717, 1.165) is 0 Å². The first-order chi connectivity index (χ1) is 10.4. The molecule has 0 radical (unpaired) electrons. The minimum absolute atomic E-state index is 0.00598. The average Bonchev–Trinajstić information content (AvgIpc) is 2.95. The number of aromatic hydroxyl groups is 1. The average molecular weight is 318 g/mol. The minimum atomic E-state index is -0.761. The molecule has 1 N–H and O–H groups in total. The van der Waals surface area contributed by atoms with Crippen molar-refractivity contribution in [2.75, 3.05) is 0 Å². The van der Waals surface area contributed by atoms with Crippen molar-refractivity contribution in [3.8, 4) is 22.9 Å². The second-order valence-corrected chi connectivity index (χ2v) is 5.95. The number of aromatic nitrogens is 3. The molecule has 2 heterocycles. The molecule has 0 saturated carbocycles. The Labute approximate surface area is 130 Å². The molecule has 0 fully saturated rings. The highest BCUT2D eigenvalue weighted by molar-refractivity contribution is 6.31. The summed E-state index contributed by atoms with van der Waals surface area (Å²) in [6.45, 7) is 3.60. The Kier molecular flexibility index (Phi) is 2.56. The maximum atomic E-state index is 10.2. The van der Waals surface area contributed by atoms with Crippen LogP contribution in [0.5, 0.6) is 17.2 Å². The molecular formula is C15H12ClN3O3. The largest absolute Gasteiger partial charge is 0.505 e. The lowest BCUT2D eigenvalue weighted by Crippen LogP contribution is -2.29. The van der Waals surface area contributed by atoms with Crippen molar-refractivity contribution < 1.29 is 14.6 Å². The molecular weight excluding hydrogens is 306 g/mol. The van der Waals surface area contributed by atoms with E-state index in [1.165, 1.54) is 10.9 Å². The number of halogens is 1. The molecule has 1 aromatic heterocycles. The number of hydrogen-bond acceptors (Lipinski definition) is 5. The summed E-state index contributed by atoms with van der Waals surface area (Å²) in [5, 5.41) is 19.5. The summed E-state index contributed by atoms with van der Waals surface area (Å²) in [4.78, 5) is 1.35. The van der Waals surface area contributed by atoms with Gasteiger partial charge in [0.2, 0.25) is 5.79 Å². The summed E-state index contributed by atoms with van der Waals surface area (Å²) in [6, 6.07) is 8.38. The number of ether oxygens (including phenoxy) is 2. The van der Waals surface area contributed by atoms with E-state index in [9.17, 15) is 5.11 Å². The van der Waals surface area contributed by atoms with Crippen LogP contribution in [0.25, 0.3) is 16.7 Å². The van der Waals surface area contributed by atoms with Crippen molar-refractivity contribution in [3.05, 3.63) is 35.4 Å². The minimum Gasteiger partial charge on any atom is -0.505 e. The van der Waals surface area contributed by atoms with Gasteiger partial charge in [-0.2, -0.15) is 0 Å². The molecule has 0 atom stereocenters. The molecule has 1 aliphatic heterocycles. The molecule has 0 amide bonds. The highest BCUT2D eigenvalue weighted by Gasteiger charge is 2.33. The predicted molar refractivity (Wildman–Crippen MR) is 80.9 cm³/mol. The Morgan fingerprint density at radius 2 is 1.73 bits per heavy atom. The van der Waals surface area contributed by atoms with Gasteiger partial charge in [-0.05, 0) is 18.2 Å². The van der Waals surface area contributed by atoms with Gasteiger partial charge in [-0.3, -0.25) is 0 Å². The lowest BCUT2D eigenvalue weighted by molar-refractivity contribution is -0.0431. The van der Waals surface area contributed by atoms with Crippen LogP contribution in [-0.2, 0) is 0 Å². The summed E-state index contributed by atoms with van der Waals surface area (Å²) in [6.07, 6.45) is 0. The summed E-state index contributed by atoms with van der Waals surface area (Å²) < 4.78 is 11.3. The van der Waals surface area contributed by atoms with Crippen molar-refractivity contribution in [2.24, 2.45) is 0 Å². The molecule has 4 rings (SSSR count). The van der Waals surface area contributed by atoms with Crippen LogP contribution in [-0.4, -0.2) is 25.9 Å². The molecule has 7 heteroatoms. The third-order valence-electron chi connectivity index (χ3n) is 3.31. The first-order valence-electron chi connectivity index (χ1n) is 6.69. The highest BCUT2D eigenvalue weighted by Crippen LogP contribution is 2.43. The normalized spacial score (nSPS) is 15.4. The Bertz CT molecular complexity index is 904. The van der Waals surface area contributed by atoms with E-state index in [2.05, 4.69) is 10.2 Å². The van der Waals surface area contributed by atoms with E-state index in [1.807, 2.05) is 0 Å². The summed E-state index contributed by atoms with van der Waals surface area (Å²) in [5.74, 6) is 0.276. The molecule has 0 aliphatic carbocycles. The maximum Gasteiger partial charge on any atom is 0.246 e. The SMILES string of the molecule is CC1(C)Oc2cc(O)c(-n3nc4ccc(Cl)cc4n3)cc2O1. The van der Waals surface area contributed by atoms with Crippen LogP contribution in [0.1, 0.15) is 13.8 Å². The topological polar surface area (TPSA) is 69.4 Å². The van der Waals surface area contributed by atoms with Gasteiger partial charge in [-0.15, -0.1) is 15.0 Å². The van der Waals surface area contributed by atoms with Gasteiger partial charge < -0.3 is 14.6 Å². The standard InChI is InChI=1S/C15H12ClN3O3/c1-15(2)21-13-6-11(12(20)7-14(13)22-15)19-17-9-4-3-8(16)5-10(9)18-19/h3-7,20H,1-2H3. The van der Waals surface area contributed by atoms with Gasteiger partial charge in [0.15, 0.2) is 11.5 Å². The molecule has 22 heavy (non-hydrogen) atoms. The Morgan fingerprint density at radius 3 is 2.50 bits per heavy atom. The van der Waals surface area contributed by atoms with Gasteiger partial charge in [0, 0.05) is 31.0 Å². The monoisotopic (exact) mass is 317 g/mol. The molecule has 1 aliphatic rings. The number of phenols is 1. The van der Waals surface area contributed by atoms with Crippen LogP contribution in [0.2, 0.25) is 5.02 Å². The quantitative estimate of drug-likeness (QED) is 0.746. The van der Waals surface area contributed by atoms with Crippen molar-refractivity contribution in [1.82, 2.24) is 15.0 Å². The second kappa shape index (κ2) is 4.27. The zero-order chi connectivity index (χ0) is 15.5. The van der Waals surface area contributed by atoms with Gasteiger partial charge in [0.25, 0.3) is 0 Å². The van der Waals surface area contributed by atoms with Crippen molar-refractivity contribution in [1.29, 1.82) is 0 Å². The van der Waals surface area contributed by atoms with Crippen LogP contribution < -0.4 is 9.47 Å². The Balaban J connectivity index is 1.85. The molecule has 0 unspecified atom stereocenters. The van der Waals surface area contributed by atoms with Crippen molar-refractivity contribution in [3.63, 3.8) is 0 Å². The Hall–Kier alpha value is -2.47.